The molecule has 1 rings (SSSR count). The highest BCUT2D eigenvalue weighted by Crippen LogP contribution is 2.03. The second-order valence-electron chi connectivity index (χ2n) is 4.35. The van der Waals surface area contributed by atoms with E-state index in [1.54, 1.807) is 0 Å². The van der Waals surface area contributed by atoms with Crippen LogP contribution in [0.3, 0.4) is 0 Å². The summed E-state index contributed by atoms with van der Waals surface area (Å²) in [7, 11) is 2.16. The number of morpholine rings is 1. The molecule has 1 heterocycles. The van der Waals surface area contributed by atoms with Gasteiger partial charge in [-0.3, -0.25) is 0 Å². The van der Waals surface area contributed by atoms with Gasteiger partial charge in [-0.1, -0.05) is 13.3 Å². The first kappa shape index (κ1) is 12.0. The van der Waals surface area contributed by atoms with Crippen molar-refractivity contribution in [2.75, 3.05) is 33.3 Å². The fraction of sp³-hybridized carbons (Fsp3) is 1.00. The monoisotopic (exact) mass is 200 g/mol. The number of nitrogens with zero attached hydrogens (tertiary/aromatic N) is 1. The van der Waals surface area contributed by atoms with Crippen LogP contribution >= 0.6 is 0 Å². The Bertz CT molecular complexity index is 152. The van der Waals surface area contributed by atoms with Crippen molar-refractivity contribution in [1.29, 1.82) is 0 Å². The van der Waals surface area contributed by atoms with Crippen molar-refractivity contribution >= 4 is 0 Å². The summed E-state index contributed by atoms with van der Waals surface area (Å²) in [6.45, 7) is 8.47. The molecule has 3 nitrogen and oxygen atoms in total. The predicted molar refractivity (Wildman–Crippen MR) is 59.6 cm³/mol. The van der Waals surface area contributed by atoms with Crippen molar-refractivity contribution in [2.24, 2.45) is 0 Å². The number of likely N-dealkylation sites (N-methyl/N-ethyl adjacent to an activating group) is 1. The Balaban J connectivity index is 2.10. The van der Waals surface area contributed by atoms with Crippen LogP contribution < -0.4 is 5.32 Å². The van der Waals surface area contributed by atoms with E-state index in [1.807, 2.05) is 0 Å². The molecule has 1 saturated heterocycles. The number of hydrogen-bond donors (Lipinski definition) is 1. The van der Waals surface area contributed by atoms with Gasteiger partial charge in [0.1, 0.15) is 0 Å². The van der Waals surface area contributed by atoms with E-state index < -0.39 is 0 Å². The van der Waals surface area contributed by atoms with Crippen molar-refractivity contribution in [2.45, 2.75) is 38.8 Å². The quantitative estimate of drug-likeness (QED) is 0.719. The molecule has 0 saturated carbocycles. The van der Waals surface area contributed by atoms with Gasteiger partial charge in [-0.2, -0.15) is 0 Å². The van der Waals surface area contributed by atoms with Gasteiger partial charge in [-0.15, -0.1) is 0 Å². The fourth-order valence-corrected chi connectivity index (χ4v) is 1.86. The highest BCUT2D eigenvalue weighted by Gasteiger charge is 2.17. The molecule has 0 bridgehead atoms. The van der Waals surface area contributed by atoms with Crippen molar-refractivity contribution in [3.05, 3.63) is 0 Å². The molecule has 1 fully saturated rings. The van der Waals surface area contributed by atoms with Crippen LogP contribution in [0.5, 0.6) is 0 Å². The first-order chi connectivity index (χ1) is 6.72. The standard InChI is InChI=1S/C11H24N2O/c1-4-5-10(2)12-8-11-9-13(3)6-7-14-11/h10-12H,4-9H2,1-3H3/t10-,11+/m0/s1. The van der Waals surface area contributed by atoms with Crippen molar-refractivity contribution < 1.29 is 4.74 Å². The molecule has 0 spiro atoms. The van der Waals surface area contributed by atoms with Crippen LogP contribution in [-0.2, 0) is 4.74 Å². The molecule has 0 unspecified atom stereocenters. The van der Waals surface area contributed by atoms with E-state index in [0.29, 0.717) is 12.1 Å². The lowest BCUT2D eigenvalue weighted by Crippen LogP contribution is -2.46. The van der Waals surface area contributed by atoms with E-state index in [9.17, 15) is 0 Å². The molecule has 0 radical (unpaired) electrons. The Labute approximate surface area is 87.8 Å². The second-order valence-corrected chi connectivity index (χ2v) is 4.35. The van der Waals surface area contributed by atoms with Gasteiger partial charge in [0, 0.05) is 25.7 Å². The molecule has 0 aliphatic carbocycles. The van der Waals surface area contributed by atoms with Crippen molar-refractivity contribution in [3.8, 4) is 0 Å². The highest BCUT2D eigenvalue weighted by molar-refractivity contribution is 4.72. The zero-order valence-corrected chi connectivity index (χ0v) is 9.75. The average molecular weight is 200 g/mol. The van der Waals surface area contributed by atoms with Crippen LogP contribution in [0.25, 0.3) is 0 Å². The van der Waals surface area contributed by atoms with Gasteiger partial charge in [0.25, 0.3) is 0 Å². The maximum absolute atomic E-state index is 5.67. The molecule has 0 amide bonds. The topological polar surface area (TPSA) is 24.5 Å². The zero-order valence-electron chi connectivity index (χ0n) is 9.75. The Kier molecular flexibility index (Phi) is 5.45. The maximum atomic E-state index is 5.67. The molecule has 84 valence electrons. The smallest absolute Gasteiger partial charge is 0.0826 e. The van der Waals surface area contributed by atoms with E-state index in [4.69, 9.17) is 4.74 Å². The molecular formula is C11H24N2O. The molecule has 0 aromatic heterocycles. The van der Waals surface area contributed by atoms with E-state index in [2.05, 4.69) is 31.1 Å². The predicted octanol–water partition coefficient (Wildman–Crippen LogP) is 1.10. The van der Waals surface area contributed by atoms with Gasteiger partial charge in [-0.05, 0) is 20.4 Å². The van der Waals surface area contributed by atoms with Gasteiger partial charge >= 0.3 is 0 Å². The highest BCUT2D eigenvalue weighted by atomic mass is 16.5. The number of nitrogens with one attached hydrogen (secondary N) is 1. The summed E-state index contributed by atoms with van der Waals surface area (Å²) in [5, 5.41) is 3.52. The minimum atomic E-state index is 0.382. The lowest BCUT2D eigenvalue weighted by Gasteiger charge is -2.31. The Morgan fingerprint density at radius 1 is 1.57 bits per heavy atom. The summed E-state index contributed by atoms with van der Waals surface area (Å²) in [5.41, 5.74) is 0. The second kappa shape index (κ2) is 6.38. The Morgan fingerprint density at radius 2 is 2.36 bits per heavy atom. The third-order valence-electron chi connectivity index (χ3n) is 2.76. The summed E-state index contributed by atoms with van der Waals surface area (Å²) < 4.78 is 5.67. The largest absolute Gasteiger partial charge is 0.374 e. The lowest BCUT2D eigenvalue weighted by atomic mass is 10.2. The first-order valence-corrected chi connectivity index (χ1v) is 5.76. The van der Waals surface area contributed by atoms with Gasteiger partial charge in [-0.25, -0.2) is 0 Å². The molecular weight excluding hydrogens is 176 g/mol. The molecule has 0 aromatic rings. The maximum Gasteiger partial charge on any atom is 0.0826 e. The third-order valence-corrected chi connectivity index (χ3v) is 2.76. The Hall–Kier alpha value is -0.120. The zero-order chi connectivity index (χ0) is 10.4. The molecule has 0 aromatic carbocycles. The average Bonchev–Trinajstić information content (AvgIpc) is 2.15. The minimum absolute atomic E-state index is 0.382. The lowest BCUT2D eigenvalue weighted by molar-refractivity contribution is -0.0191. The van der Waals surface area contributed by atoms with Gasteiger partial charge in [0.05, 0.1) is 12.7 Å². The molecule has 1 aliphatic rings. The van der Waals surface area contributed by atoms with Crippen LogP contribution in [0.15, 0.2) is 0 Å². The van der Waals surface area contributed by atoms with Gasteiger partial charge in [0.15, 0.2) is 0 Å². The van der Waals surface area contributed by atoms with E-state index >= 15 is 0 Å². The number of hydrogen-bond acceptors (Lipinski definition) is 3. The van der Waals surface area contributed by atoms with Crippen LogP contribution in [0.2, 0.25) is 0 Å². The van der Waals surface area contributed by atoms with Gasteiger partial charge in [0.2, 0.25) is 0 Å². The SMILES string of the molecule is CCC[C@H](C)NC[C@@H]1CN(C)CCO1. The third kappa shape index (κ3) is 4.40. The van der Waals surface area contributed by atoms with Crippen molar-refractivity contribution in [1.82, 2.24) is 10.2 Å². The summed E-state index contributed by atoms with van der Waals surface area (Å²) in [6, 6.07) is 0.621. The van der Waals surface area contributed by atoms with E-state index in [0.717, 1.165) is 26.2 Å². The summed E-state index contributed by atoms with van der Waals surface area (Å²) in [6.07, 6.45) is 2.88. The van der Waals surface area contributed by atoms with E-state index in [-0.39, 0.29) is 0 Å². The van der Waals surface area contributed by atoms with Crippen LogP contribution in [0.1, 0.15) is 26.7 Å². The van der Waals surface area contributed by atoms with Crippen LogP contribution in [-0.4, -0.2) is 50.3 Å². The van der Waals surface area contributed by atoms with Crippen molar-refractivity contribution in [3.63, 3.8) is 0 Å². The summed E-state index contributed by atoms with van der Waals surface area (Å²) in [5.74, 6) is 0. The number of ether oxygens (including phenoxy) is 1. The fourth-order valence-electron chi connectivity index (χ4n) is 1.86. The van der Waals surface area contributed by atoms with Gasteiger partial charge < -0.3 is 15.0 Å². The molecule has 1 N–H and O–H groups in total. The summed E-state index contributed by atoms with van der Waals surface area (Å²) in [4.78, 5) is 2.33. The summed E-state index contributed by atoms with van der Waals surface area (Å²) >= 11 is 0. The van der Waals surface area contributed by atoms with Crippen LogP contribution in [0, 0.1) is 0 Å². The van der Waals surface area contributed by atoms with E-state index in [1.165, 1.54) is 12.8 Å². The Morgan fingerprint density at radius 3 is 3.00 bits per heavy atom. The molecule has 14 heavy (non-hydrogen) atoms. The molecule has 1 aliphatic heterocycles. The minimum Gasteiger partial charge on any atom is -0.374 e. The normalized spacial score (nSPS) is 26.4. The van der Waals surface area contributed by atoms with Crippen LogP contribution in [0.4, 0.5) is 0 Å². The first-order valence-electron chi connectivity index (χ1n) is 5.76. The molecule has 3 heteroatoms. The number of rotatable bonds is 5. The molecule has 2 atom stereocenters.